The van der Waals surface area contributed by atoms with Gasteiger partial charge in [0.2, 0.25) is 0 Å². The predicted molar refractivity (Wildman–Crippen MR) is 88.5 cm³/mol. The molecular weight excluding hydrogens is 316 g/mol. The number of hydrogen-bond donors (Lipinski definition) is 2. The first-order valence-electron chi connectivity index (χ1n) is 7.94. The van der Waals surface area contributed by atoms with Gasteiger partial charge < -0.3 is 14.5 Å². The number of likely N-dealkylation sites (N-methyl/N-ethyl adjacent to an activating group) is 2. The molecule has 7 nitrogen and oxygen atoms in total. The van der Waals surface area contributed by atoms with Crippen LogP contribution in [0.15, 0.2) is 17.0 Å². The van der Waals surface area contributed by atoms with E-state index in [1.165, 1.54) is 4.90 Å². The fraction of sp³-hybridized carbons (Fsp3) is 0.600. The summed E-state index contributed by atoms with van der Waals surface area (Å²) in [5, 5.41) is 1.79. The molecule has 0 atom stereocenters. The first-order chi connectivity index (χ1) is 10.9. The smallest absolute Gasteiger partial charge is 0.253 e. The van der Waals surface area contributed by atoms with Crippen LogP contribution in [-0.2, 0) is 10.0 Å². The van der Waals surface area contributed by atoms with Gasteiger partial charge in [0.15, 0.2) is 0 Å². The number of benzene rings is 1. The number of hydrazine groups is 1. The summed E-state index contributed by atoms with van der Waals surface area (Å²) in [5.41, 5.74) is 1.67. The fourth-order valence-corrected chi connectivity index (χ4v) is 4.34. The first kappa shape index (κ1) is 16.5. The monoisotopic (exact) mass is 341 g/mol. The highest BCUT2D eigenvalue weighted by molar-refractivity contribution is 7.89. The number of nitrogens with zero attached hydrogens (tertiary/aromatic N) is 2. The van der Waals surface area contributed by atoms with Crippen LogP contribution in [-0.4, -0.2) is 66.9 Å². The summed E-state index contributed by atoms with van der Waals surface area (Å²) < 4.78 is 31.1. The number of anilines is 1. The molecule has 0 saturated carbocycles. The minimum absolute atomic E-state index is 0.290. The molecule has 0 amide bonds. The normalized spacial score (nSPS) is 20.2. The second-order valence-electron chi connectivity index (χ2n) is 6.39. The van der Waals surface area contributed by atoms with Crippen molar-refractivity contribution in [1.29, 1.82) is 0 Å². The maximum atomic E-state index is 12.7. The lowest BCUT2D eigenvalue weighted by molar-refractivity contribution is -0.884. The van der Waals surface area contributed by atoms with Crippen LogP contribution < -0.4 is 19.4 Å². The van der Waals surface area contributed by atoms with Crippen molar-refractivity contribution < 1.29 is 18.1 Å². The summed E-state index contributed by atoms with van der Waals surface area (Å²) in [6.45, 7) is 6.49. The zero-order chi connectivity index (χ0) is 16.6. The van der Waals surface area contributed by atoms with Crippen molar-refractivity contribution in [1.82, 2.24) is 9.84 Å². The van der Waals surface area contributed by atoms with Crippen LogP contribution >= 0.6 is 0 Å². The lowest BCUT2D eigenvalue weighted by Crippen LogP contribution is -3.12. The number of fused-ring (bicyclic) bond motifs is 1. The van der Waals surface area contributed by atoms with Gasteiger partial charge in [-0.1, -0.05) is 0 Å². The van der Waals surface area contributed by atoms with E-state index in [4.69, 9.17) is 4.74 Å². The van der Waals surface area contributed by atoms with E-state index >= 15 is 0 Å². The number of ether oxygens (including phenoxy) is 1. The van der Waals surface area contributed by atoms with Crippen molar-refractivity contribution in [2.45, 2.75) is 11.8 Å². The minimum atomic E-state index is -3.59. The average molecular weight is 341 g/mol. The Balaban J connectivity index is 1.85. The van der Waals surface area contributed by atoms with E-state index in [9.17, 15) is 8.42 Å². The van der Waals surface area contributed by atoms with Crippen molar-refractivity contribution in [3.8, 4) is 5.75 Å². The summed E-state index contributed by atoms with van der Waals surface area (Å²) in [7, 11) is 0.513. The third-order valence-electron chi connectivity index (χ3n) is 4.51. The molecule has 3 rings (SSSR count). The Morgan fingerprint density at radius 3 is 2.61 bits per heavy atom. The van der Waals surface area contributed by atoms with Gasteiger partial charge in [-0.15, -0.1) is 4.83 Å². The van der Waals surface area contributed by atoms with E-state index < -0.39 is 10.0 Å². The van der Waals surface area contributed by atoms with Gasteiger partial charge in [-0.2, -0.15) is 0 Å². The van der Waals surface area contributed by atoms with Gasteiger partial charge in [0.1, 0.15) is 12.4 Å². The highest BCUT2D eigenvalue weighted by atomic mass is 32.2. The lowest BCUT2D eigenvalue weighted by Gasteiger charge is -2.31. The summed E-state index contributed by atoms with van der Waals surface area (Å²) >= 11 is 0. The largest absolute Gasteiger partial charge is 0.490 e. The predicted octanol–water partition coefficient (Wildman–Crippen LogP) is -1.15. The van der Waals surface area contributed by atoms with Crippen LogP contribution in [0, 0.1) is 6.92 Å². The molecule has 1 saturated heterocycles. The highest BCUT2D eigenvalue weighted by Gasteiger charge is 2.26. The molecule has 8 heteroatoms. The van der Waals surface area contributed by atoms with Crippen LogP contribution in [0.2, 0.25) is 0 Å². The Bertz CT molecular complexity index is 684. The number of quaternary nitrogens is 1. The molecule has 2 N–H and O–H groups in total. The summed E-state index contributed by atoms with van der Waals surface area (Å²) in [4.78, 5) is 6.50. The molecule has 2 aliphatic rings. The molecule has 0 aromatic heterocycles. The summed E-state index contributed by atoms with van der Waals surface area (Å²) in [6.07, 6.45) is 0. The maximum absolute atomic E-state index is 12.7. The van der Waals surface area contributed by atoms with Gasteiger partial charge in [0, 0.05) is 13.1 Å². The van der Waals surface area contributed by atoms with Crippen LogP contribution in [0.4, 0.5) is 5.69 Å². The fourth-order valence-electron chi connectivity index (χ4n) is 2.97. The Kier molecular flexibility index (Phi) is 4.50. The molecule has 0 spiro atoms. The standard InChI is InChI=1S/C15H24N4O3S/c1-12-10-13-14(22-9-8-18(13)3)11-15(12)23(20,21)16-19-6-4-17(2)5-7-19/h10-11,16H,4-9H2,1-3H3/p+1. The van der Waals surface area contributed by atoms with E-state index in [0.29, 0.717) is 25.4 Å². The molecule has 0 bridgehead atoms. The van der Waals surface area contributed by atoms with Crippen LogP contribution in [0.3, 0.4) is 0 Å². The second-order valence-corrected chi connectivity index (χ2v) is 8.02. The van der Waals surface area contributed by atoms with Crippen molar-refractivity contribution in [3.63, 3.8) is 0 Å². The number of piperazine rings is 1. The number of hydrogen-bond acceptors (Lipinski definition) is 5. The average Bonchev–Trinajstić information content (AvgIpc) is 2.50. The Hall–Kier alpha value is -1.35. The van der Waals surface area contributed by atoms with Gasteiger partial charge >= 0.3 is 0 Å². The maximum Gasteiger partial charge on any atom is 0.253 e. The highest BCUT2D eigenvalue weighted by Crippen LogP contribution is 2.35. The van der Waals surface area contributed by atoms with Gasteiger partial charge in [0.25, 0.3) is 10.0 Å². The third kappa shape index (κ3) is 3.45. The zero-order valence-corrected chi connectivity index (χ0v) is 14.7. The lowest BCUT2D eigenvalue weighted by atomic mass is 10.2. The molecule has 0 aliphatic carbocycles. The van der Waals surface area contributed by atoms with E-state index in [1.807, 2.05) is 20.0 Å². The van der Waals surface area contributed by atoms with E-state index in [0.717, 1.165) is 30.9 Å². The van der Waals surface area contributed by atoms with E-state index in [2.05, 4.69) is 16.8 Å². The first-order valence-corrected chi connectivity index (χ1v) is 9.42. The number of aryl methyl sites for hydroxylation is 1. The van der Waals surface area contributed by atoms with Gasteiger partial charge in [-0.3, -0.25) is 0 Å². The molecular formula is C15H25N4O3S+. The van der Waals surface area contributed by atoms with Crippen molar-refractivity contribution in [3.05, 3.63) is 17.7 Å². The molecule has 0 radical (unpaired) electrons. The molecule has 1 aromatic carbocycles. The van der Waals surface area contributed by atoms with Crippen LogP contribution in [0.1, 0.15) is 5.56 Å². The topological polar surface area (TPSA) is 66.3 Å². The molecule has 128 valence electrons. The summed E-state index contributed by atoms with van der Waals surface area (Å²) in [6, 6.07) is 3.53. The molecule has 2 aliphatic heterocycles. The van der Waals surface area contributed by atoms with Gasteiger partial charge in [-0.05, 0) is 18.6 Å². The third-order valence-corrected chi connectivity index (χ3v) is 6.03. The number of sulfonamides is 1. The van der Waals surface area contributed by atoms with E-state index in [-0.39, 0.29) is 4.90 Å². The van der Waals surface area contributed by atoms with Gasteiger partial charge in [0.05, 0.1) is 50.4 Å². The van der Waals surface area contributed by atoms with Crippen LogP contribution in [0.5, 0.6) is 5.75 Å². The SMILES string of the molecule is Cc1cc2c(cc1S(=O)(=O)NN1CC[NH+](C)CC1)OCCN2C. The van der Waals surface area contributed by atoms with E-state index in [1.54, 1.807) is 11.1 Å². The Labute approximate surface area is 137 Å². The molecule has 0 unspecified atom stereocenters. The second kappa shape index (κ2) is 6.27. The van der Waals surface area contributed by atoms with Crippen LogP contribution in [0.25, 0.3) is 0 Å². The molecule has 1 fully saturated rings. The molecule has 23 heavy (non-hydrogen) atoms. The molecule has 1 aromatic rings. The Morgan fingerprint density at radius 2 is 1.91 bits per heavy atom. The quantitative estimate of drug-likeness (QED) is 0.727. The number of nitrogens with one attached hydrogen (secondary N) is 2. The van der Waals surface area contributed by atoms with Crippen molar-refractivity contribution >= 4 is 15.7 Å². The number of rotatable bonds is 3. The zero-order valence-electron chi connectivity index (χ0n) is 13.9. The summed E-state index contributed by atoms with van der Waals surface area (Å²) in [5.74, 6) is 0.632. The minimum Gasteiger partial charge on any atom is -0.490 e. The van der Waals surface area contributed by atoms with Crippen molar-refractivity contribution in [2.75, 3.05) is 58.3 Å². The van der Waals surface area contributed by atoms with Crippen molar-refractivity contribution in [2.24, 2.45) is 0 Å². The Morgan fingerprint density at radius 1 is 1.22 bits per heavy atom. The van der Waals surface area contributed by atoms with Gasteiger partial charge in [-0.25, -0.2) is 13.4 Å². The molecule has 2 heterocycles.